The maximum absolute atomic E-state index is 13.2. The number of carbonyl (C=O) groups excluding carboxylic acids is 3. The summed E-state index contributed by atoms with van der Waals surface area (Å²) in [6.45, 7) is 6.80. The fourth-order valence-corrected chi connectivity index (χ4v) is 4.83. The smallest absolute Gasteiger partial charge is 0.462 e. The highest BCUT2D eigenvalue weighted by molar-refractivity contribution is 6.38. The van der Waals surface area contributed by atoms with Crippen LogP contribution in [0.25, 0.3) is 11.1 Å². The van der Waals surface area contributed by atoms with Crippen LogP contribution in [0.4, 0.5) is 24.5 Å². The van der Waals surface area contributed by atoms with Gasteiger partial charge in [-0.15, -0.1) is 13.2 Å². The summed E-state index contributed by atoms with van der Waals surface area (Å²) in [5.41, 5.74) is 3.71. The molecule has 3 aromatic carbocycles. The molecule has 1 aliphatic heterocycles. The first-order chi connectivity index (χ1) is 19.8. The Balaban J connectivity index is 1.79. The van der Waals surface area contributed by atoms with Crippen molar-refractivity contribution in [3.63, 3.8) is 0 Å². The number of rotatable bonds is 6. The van der Waals surface area contributed by atoms with Gasteiger partial charge in [0.05, 0.1) is 19.3 Å². The molecule has 4 rings (SSSR count). The van der Waals surface area contributed by atoms with Crippen LogP contribution in [0.3, 0.4) is 0 Å². The number of methoxy groups -OCH3 is 1. The molecule has 1 aliphatic rings. The third kappa shape index (κ3) is 7.29. The lowest BCUT2D eigenvalue weighted by molar-refractivity contribution is -0.274. The lowest BCUT2D eigenvalue weighted by Crippen LogP contribution is -2.37. The molecule has 1 saturated heterocycles. The van der Waals surface area contributed by atoms with Crippen LogP contribution in [0.5, 0.6) is 5.75 Å². The normalized spacial score (nSPS) is 14.0. The summed E-state index contributed by atoms with van der Waals surface area (Å²) in [4.78, 5) is 41.4. The van der Waals surface area contributed by atoms with E-state index in [1.165, 1.54) is 29.2 Å². The Morgan fingerprint density at radius 1 is 0.929 bits per heavy atom. The van der Waals surface area contributed by atoms with Gasteiger partial charge >= 0.3 is 18.2 Å². The Kier molecular flexibility index (Phi) is 8.94. The maximum atomic E-state index is 13.2. The number of nitrogens with zero attached hydrogens (tertiary/aromatic N) is 2. The number of carbonyl (C=O) groups is 3. The standard InChI is InChI=1S/C32H33F3N2O5/c1-31(2,3)23-12-8-21(9-13-23)20-37(29(39)30(40)41-4)24-14-17-27(36-18-6-5-7-28(36)38)26(19-24)22-10-15-25(16-11-22)42-32(33,34)35/h8-17,19H,5-7,18,20H2,1-4H3. The van der Waals surface area contributed by atoms with Crippen molar-refractivity contribution in [1.29, 1.82) is 0 Å². The summed E-state index contributed by atoms with van der Waals surface area (Å²) < 4.78 is 47.0. The number of halogens is 3. The van der Waals surface area contributed by atoms with Crippen LogP contribution in [0, 0.1) is 0 Å². The summed E-state index contributed by atoms with van der Waals surface area (Å²) in [6, 6.07) is 18.0. The summed E-state index contributed by atoms with van der Waals surface area (Å²) >= 11 is 0. The van der Waals surface area contributed by atoms with Crippen LogP contribution in [0.15, 0.2) is 66.7 Å². The molecule has 42 heavy (non-hydrogen) atoms. The second-order valence-electron chi connectivity index (χ2n) is 11.1. The molecule has 0 radical (unpaired) electrons. The van der Waals surface area contributed by atoms with Gasteiger partial charge < -0.3 is 14.4 Å². The molecular weight excluding hydrogens is 549 g/mol. The minimum Gasteiger partial charge on any atom is -0.462 e. The Bertz CT molecular complexity index is 1440. The Morgan fingerprint density at radius 3 is 2.17 bits per heavy atom. The minimum absolute atomic E-state index is 0.0537. The number of hydrogen-bond donors (Lipinski definition) is 0. The van der Waals surface area contributed by atoms with E-state index in [2.05, 4.69) is 25.5 Å². The Labute approximate surface area is 242 Å². The number of alkyl halides is 3. The Morgan fingerprint density at radius 2 is 1.60 bits per heavy atom. The molecular formula is C32H33F3N2O5. The van der Waals surface area contributed by atoms with Gasteiger partial charge in [-0.1, -0.05) is 57.2 Å². The average molecular weight is 583 g/mol. The molecule has 0 N–H and O–H groups in total. The third-order valence-electron chi connectivity index (χ3n) is 7.07. The van der Waals surface area contributed by atoms with E-state index >= 15 is 0 Å². The lowest BCUT2D eigenvalue weighted by Gasteiger charge is -2.30. The Hall–Kier alpha value is -4.34. The zero-order valence-corrected chi connectivity index (χ0v) is 24.0. The van der Waals surface area contributed by atoms with Gasteiger partial charge in [0.2, 0.25) is 5.91 Å². The van der Waals surface area contributed by atoms with Crippen molar-refractivity contribution in [1.82, 2.24) is 0 Å². The zero-order valence-electron chi connectivity index (χ0n) is 24.0. The first-order valence-electron chi connectivity index (χ1n) is 13.6. The highest BCUT2D eigenvalue weighted by atomic mass is 19.4. The summed E-state index contributed by atoms with van der Waals surface area (Å²) in [5.74, 6) is -2.40. The van der Waals surface area contributed by atoms with E-state index in [4.69, 9.17) is 4.74 Å². The second kappa shape index (κ2) is 12.3. The van der Waals surface area contributed by atoms with Gasteiger partial charge in [0.15, 0.2) is 0 Å². The molecule has 0 aromatic heterocycles. The van der Waals surface area contributed by atoms with E-state index in [1.54, 1.807) is 23.1 Å². The molecule has 7 nitrogen and oxygen atoms in total. The van der Waals surface area contributed by atoms with E-state index in [-0.39, 0.29) is 23.6 Å². The summed E-state index contributed by atoms with van der Waals surface area (Å²) in [7, 11) is 1.12. The highest BCUT2D eigenvalue weighted by Crippen LogP contribution is 2.38. The fourth-order valence-electron chi connectivity index (χ4n) is 4.83. The molecule has 1 heterocycles. The lowest BCUT2D eigenvalue weighted by atomic mass is 9.87. The molecule has 222 valence electrons. The summed E-state index contributed by atoms with van der Waals surface area (Å²) in [6.07, 6.45) is -2.91. The first kappa shape index (κ1) is 30.6. The predicted octanol–water partition coefficient (Wildman–Crippen LogP) is 6.77. The number of anilines is 2. The SMILES string of the molecule is COC(=O)C(=O)N(Cc1ccc(C(C)(C)C)cc1)c1ccc(N2CCCCC2=O)c(-c2ccc(OC(F)(F)F)cc2)c1. The largest absolute Gasteiger partial charge is 0.573 e. The van der Waals surface area contributed by atoms with Crippen molar-refractivity contribution < 1.29 is 37.0 Å². The molecule has 0 atom stereocenters. The molecule has 3 aromatic rings. The number of piperidine rings is 1. The van der Waals surface area contributed by atoms with Crippen LogP contribution in [0.2, 0.25) is 0 Å². The van der Waals surface area contributed by atoms with Gasteiger partial charge in [0.25, 0.3) is 0 Å². The maximum Gasteiger partial charge on any atom is 0.573 e. The topological polar surface area (TPSA) is 76.2 Å². The van der Waals surface area contributed by atoms with E-state index in [0.717, 1.165) is 31.1 Å². The van der Waals surface area contributed by atoms with Gasteiger partial charge in [0.1, 0.15) is 5.75 Å². The van der Waals surface area contributed by atoms with Crippen LogP contribution in [-0.4, -0.2) is 37.8 Å². The highest BCUT2D eigenvalue weighted by Gasteiger charge is 2.31. The quantitative estimate of drug-likeness (QED) is 0.237. The van der Waals surface area contributed by atoms with Crippen LogP contribution in [-0.2, 0) is 31.1 Å². The van der Waals surface area contributed by atoms with Gasteiger partial charge in [-0.3, -0.25) is 14.5 Å². The molecule has 0 bridgehead atoms. The molecule has 10 heteroatoms. The fraction of sp³-hybridized carbons (Fsp3) is 0.344. The second-order valence-corrected chi connectivity index (χ2v) is 11.1. The van der Waals surface area contributed by atoms with Gasteiger partial charge in [0, 0.05) is 24.2 Å². The number of esters is 1. The molecule has 0 saturated carbocycles. The number of amides is 2. The average Bonchev–Trinajstić information content (AvgIpc) is 2.94. The first-order valence-corrected chi connectivity index (χ1v) is 13.6. The molecule has 0 unspecified atom stereocenters. The van der Waals surface area contributed by atoms with E-state index < -0.39 is 18.2 Å². The number of ether oxygens (including phenoxy) is 2. The molecule has 1 fully saturated rings. The van der Waals surface area contributed by atoms with E-state index in [0.29, 0.717) is 35.5 Å². The van der Waals surface area contributed by atoms with Gasteiger partial charge in [-0.2, -0.15) is 0 Å². The van der Waals surface area contributed by atoms with Crippen molar-refractivity contribution in [3.8, 4) is 16.9 Å². The van der Waals surface area contributed by atoms with Crippen molar-refractivity contribution in [2.75, 3.05) is 23.5 Å². The molecule has 0 spiro atoms. The monoisotopic (exact) mass is 582 g/mol. The van der Waals surface area contributed by atoms with Crippen LogP contribution in [0.1, 0.15) is 51.2 Å². The molecule has 0 aliphatic carbocycles. The number of benzene rings is 3. The van der Waals surface area contributed by atoms with Crippen molar-refractivity contribution in [2.45, 2.75) is 58.4 Å². The third-order valence-corrected chi connectivity index (χ3v) is 7.07. The minimum atomic E-state index is -4.84. The predicted molar refractivity (Wildman–Crippen MR) is 153 cm³/mol. The van der Waals surface area contributed by atoms with Crippen molar-refractivity contribution >= 4 is 29.2 Å². The van der Waals surface area contributed by atoms with Gasteiger partial charge in [-0.05, 0) is 65.3 Å². The number of hydrogen-bond acceptors (Lipinski definition) is 5. The summed E-state index contributed by atoms with van der Waals surface area (Å²) in [5, 5.41) is 0. The van der Waals surface area contributed by atoms with E-state index in [1.807, 2.05) is 24.3 Å². The van der Waals surface area contributed by atoms with E-state index in [9.17, 15) is 27.6 Å². The van der Waals surface area contributed by atoms with Crippen LogP contribution < -0.4 is 14.5 Å². The van der Waals surface area contributed by atoms with Crippen molar-refractivity contribution in [2.24, 2.45) is 0 Å². The van der Waals surface area contributed by atoms with Crippen molar-refractivity contribution in [3.05, 3.63) is 77.9 Å². The van der Waals surface area contributed by atoms with Gasteiger partial charge in [-0.25, -0.2) is 4.79 Å². The van der Waals surface area contributed by atoms with Crippen LogP contribution >= 0.6 is 0 Å². The zero-order chi connectivity index (χ0) is 30.7. The molecule has 2 amide bonds.